The largest absolute Gasteiger partial charge is 0.309 e. The molecule has 310 valence electrons. The third-order valence-electron chi connectivity index (χ3n) is 12.4. The molecule has 8 nitrogen and oxygen atoms in total. The van der Waals surface area contributed by atoms with E-state index in [9.17, 15) is 0 Å². The van der Waals surface area contributed by atoms with Gasteiger partial charge in [-0.1, -0.05) is 82.9 Å². The number of aryl methyl sites for hydroxylation is 8. The third-order valence-corrected chi connectivity index (χ3v) is 12.4. The van der Waals surface area contributed by atoms with E-state index in [4.69, 9.17) is 19.9 Å². The molecule has 4 aromatic heterocycles. The maximum Gasteiger partial charge on any atom is 0.165 e. The van der Waals surface area contributed by atoms with Crippen LogP contribution in [0.4, 0.5) is 0 Å². The Balaban J connectivity index is 1.16. The Bertz CT molecular complexity index is 3560. The molecule has 4 heterocycles. The summed E-state index contributed by atoms with van der Waals surface area (Å²) in [4.78, 5) is 28.9. The van der Waals surface area contributed by atoms with Gasteiger partial charge in [-0.05, 0) is 145 Å². The number of fused-ring (bicyclic) bond motifs is 6. The van der Waals surface area contributed by atoms with Gasteiger partial charge in [-0.2, -0.15) is 0 Å². The van der Waals surface area contributed by atoms with E-state index in [0.29, 0.717) is 34.9 Å². The van der Waals surface area contributed by atoms with Crippen LogP contribution in [-0.4, -0.2) is 39.0 Å². The molecule has 0 atom stereocenters. The van der Waals surface area contributed by atoms with Gasteiger partial charge < -0.3 is 9.13 Å². The summed E-state index contributed by atoms with van der Waals surface area (Å²) < 4.78 is 4.77. The van der Waals surface area contributed by atoms with Crippen molar-refractivity contribution >= 4 is 43.6 Å². The summed E-state index contributed by atoms with van der Waals surface area (Å²) in [5, 5.41) is 4.86. The molecule has 64 heavy (non-hydrogen) atoms. The molecule has 0 radical (unpaired) electrons. The summed E-state index contributed by atoms with van der Waals surface area (Å²) in [5.74, 6) is 4.01. The number of aromatic nitrogens is 8. The highest BCUT2D eigenvalue weighted by molar-refractivity contribution is 6.12. The minimum absolute atomic E-state index is 0.641. The van der Waals surface area contributed by atoms with Crippen LogP contribution in [0.15, 0.2) is 133 Å². The van der Waals surface area contributed by atoms with Crippen LogP contribution in [0.3, 0.4) is 0 Å². The van der Waals surface area contributed by atoms with Crippen molar-refractivity contribution in [1.29, 1.82) is 0 Å². The number of nitrogens with zero attached hydrogens (tertiary/aromatic N) is 8. The van der Waals surface area contributed by atoms with Crippen LogP contribution in [0.2, 0.25) is 0 Å². The molecule has 0 saturated carbocycles. The van der Waals surface area contributed by atoms with E-state index in [1.165, 1.54) is 43.8 Å². The summed E-state index contributed by atoms with van der Waals surface area (Å²) in [6.45, 7) is 16.4. The first-order chi connectivity index (χ1) is 31.0. The smallest absolute Gasteiger partial charge is 0.165 e. The average Bonchev–Trinajstić information content (AvgIpc) is 3.75. The molecule has 0 aliphatic carbocycles. The quantitative estimate of drug-likeness (QED) is 0.166. The second kappa shape index (κ2) is 14.9. The van der Waals surface area contributed by atoms with Gasteiger partial charge in [-0.3, -0.25) is 0 Å². The van der Waals surface area contributed by atoms with Crippen molar-refractivity contribution in [2.24, 2.45) is 0 Å². The highest BCUT2D eigenvalue weighted by atomic mass is 15.1. The minimum Gasteiger partial charge on any atom is -0.309 e. The molecule has 0 aliphatic rings. The van der Waals surface area contributed by atoms with E-state index in [2.05, 4.69) is 180 Å². The topological polar surface area (TPSA) is 87.2 Å². The molecule has 0 saturated heterocycles. The molecule has 7 aromatic carbocycles. The van der Waals surface area contributed by atoms with Crippen LogP contribution < -0.4 is 0 Å². The summed E-state index contributed by atoms with van der Waals surface area (Å²) in [6, 6.07) is 48.9. The Morgan fingerprint density at radius 3 is 1.22 bits per heavy atom. The monoisotopic (exact) mass is 830 g/mol. The predicted molar refractivity (Wildman–Crippen MR) is 262 cm³/mol. The van der Waals surface area contributed by atoms with Crippen LogP contribution in [0.5, 0.6) is 0 Å². The Labute approximate surface area is 372 Å². The molecular formula is C56H46N8. The zero-order chi connectivity index (χ0) is 44.0. The van der Waals surface area contributed by atoms with Gasteiger partial charge in [0.05, 0.1) is 33.4 Å². The Hall–Kier alpha value is -7.84. The lowest BCUT2D eigenvalue weighted by atomic mass is 9.94. The highest BCUT2D eigenvalue weighted by Gasteiger charge is 2.23. The minimum atomic E-state index is 0.641. The van der Waals surface area contributed by atoms with Crippen molar-refractivity contribution in [1.82, 2.24) is 39.0 Å². The molecule has 8 heteroatoms. The van der Waals surface area contributed by atoms with E-state index in [1.807, 2.05) is 27.7 Å². The molecule has 11 rings (SSSR count). The van der Waals surface area contributed by atoms with Gasteiger partial charge >= 0.3 is 0 Å². The van der Waals surface area contributed by atoms with Crippen LogP contribution in [0.1, 0.15) is 45.6 Å². The highest BCUT2D eigenvalue weighted by Crippen LogP contribution is 2.43. The van der Waals surface area contributed by atoms with E-state index >= 15 is 0 Å². The van der Waals surface area contributed by atoms with Crippen molar-refractivity contribution < 1.29 is 0 Å². The van der Waals surface area contributed by atoms with Gasteiger partial charge in [0.1, 0.15) is 23.3 Å². The first-order valence-corrected chi connectivity index (χ1v) is 21.8. The lowest BCUT2D eigenvalue weighted by Crippen LogP contribution is -2.05. The molecule has 0 spiro atoms. The maximum atomic E-state index is 4.96. The lowest BCUT2D eigenvalue weighted by Gasteiger charge is -2.19. The number of hydrogen-bond acceptors (Lipinski definition) is 6. The summed E-state index contributed by atoms with van der Waals surface area (Å²) in [7, 11) is 0. The maximum absolute atomic E-state index is 4.96. The van der Waals surface area contributed by atoms with Crippen molar-refractivity contribution in [3.63, 3.8) is 0 Å². The molecule has 0 aliphatic heterocycles. The molecule has 0 fully saturated rings. The molecule has 0 amide bonds. The second-order valence-corrected chi connectivity index (χ2v) is 17.3. The number of rotatable bonds is 6. The van der Waals surface area contributed by atoms with Gasteiger partial charge in [-0.15, -0.1) is 0 Å². The van der Waals surface area contributed by atoms with Crippen LogP contribution >= 0.6 is 0 Å². The first-order valence-electron chi connectivity index (χ1n) is 21.8. The third kappa shape index (κ3) is 6.52. The first kappa shape index (κ1) is 39.0. The normalized spacial score (nSPS) is 11.8. The SMILES string of the molecule is Cc1ccc2c(c1)c1cc(C)ccc1n2-c1ccc(-c2cccc(-c3cccc(-c4nc(C)nc(C)n4)c3-n3c4ccc(C)cc4c4cc(C)ccc43)c2)cc1-c1nc(C)nc(C)n1. The van der Waals surface area contributed by atoms with Crippen molar-refractivity contribution in [3.05, 3.63) is 179 Å². The summed E-state index contributed by atoms with van der Waals surface area (Å²) >= 11 is 0. The van der Waals surface area contributed by atoms with E-state index in [1.54, 1.807) is 0 Å². The van der Waals surface area contributed by atoms with E-state index in [-0.39, 0.29) is 0 Å². The van der Waals surface area contributed by atoms with Gasteiger partial charge in [0.15, 0.2) is 11.6 Å². The number of benzene rings is 7. The summed E-state index contributed by atoms with van der Waals surface area (Å²) in [5.41, 5.74) is 17.5. The molecule has 11 aromatic rings. The average molecular weight is 831 g/mol. The van der Waals surface area contributed by atoms with E-state index < -0.39 is 0 Å². The lowest BCUT2D eigenvalue weighted by molar-refractivity contribution is 0.926. The Kier molecular flexibility index (Phi) is 9.10. The molecule has 0 N–H and O–H groups in total. The standard InChI is InChI=1S/C56H46N8/c1-31-15-20-49-44(25-31)45-26-32(2)16-21-50(45)63(49)53-24-19-40(30-48(53)56-61-37(7)58-38(8)62-56)39-11-9-12-41(29-39)42-13-10-14-43(55-59-35(5)57-36(6)60-55)54(42)64-51-22-17-33(3)27-46(51)47-28-34(4)18-23-52(47)64/h9-30H,1-8H3. The van der Waals surface area contributed by atoms with Gasteiger partial charge in [0.2, 0.25) is 0 Å². The van der Waals surface area contributed by atoms with Crippen LogP contribution in [0.25, 0.3) is 100 Å². The second-order valence-electron chi connectivity index (χ2n) is 17.3. The zero-order valence-corrected chi connectivity index (χ0v) is 37.3. The van der Waals surface area contributed by atoms with Crippen molar-refractivity contribution in [3.8, 4) is 56.4 Å². The van der Waals surface area contributed by atoms with Crippen LogP contribution in [0, 0.1) is 55.4 Å². The van der Waals surface area contributed by atoms with Crippen molar-refractivity contribution in [2.75, 3.05) is 0 Å². The molecule has 0 bridgehead atoms. The molecule has 0 unspecified atom stereocenters. The Morgan fingerprint density at radius 2 is 0.719 bits per heavy atom. The Morgan fingerprint density at radius 1 is 0.312 bits per heavy atom. The predicted octanol–water partition coefficient (Wildman–Crippen LogP) is 13.4. The van der Waals surface area contributed by atoms with E-state index in [0.717, 1.165) is 66.8 Å². The fourth-order valence-corrected chi connectivity index (χ4v) is 9.63. The zero-order valence-electron chi connectivity index (χ0n) is 37.3. The van der Waals surface area contributed by atoms with Gasteiger partial charge in [-0.25, -0.2) is 29.9 Å². The summed E-state index contributed by atoms with van der Waals surface area (Å²) in [6.07, 6.45) is 0. The molecular weight excluding hydrogens is 785 g/mol. The van der Waals surface area contributed by atoms with Gasteiger partial charge in [0, 0.05) is 38.2 Å². The fourth-order valence-electron chi connectivity index (χ4n) is 9.63. The van der Waals surface area contributed by atoms with Crippen LogP contribution in [-0.2, 0) is 0 Å². The van der Waals surface area contributed by atoms with Crippen molar-refractivity contribution in [2.45, 2.75) is 55.4 Å². The fraction of sp³-hybridized carbons (Fsp3) is 0.143. The number of hydrogen-bond donors (Lipinski definition) is 0. The number of para-hydroxylation sites is 1. The van der Waals surface area contributed by atoms with Gasteiger partial charge in [0.25, 0.3) is 0 Å².